The fraction of sp³-hybridized carbons (Fsp3) is 0.182. The van der Waals surface area contributed by atoms with Crippen LogP contribution in [-0.4, -0.2) is 5.91 Å². The maximum atomic E-state index is 10.9. The van der Waals surface area contributed by atoms with Crippen molar-refractivity contribution in [2.24, 2.45) is 0 Å². The second-order valence-corrected chi connectivity index (χ2v) is 3.69. The van der Waals surface area contributed by atoms with Gasteiger partial charge >= 0.3 is 0 Å². The number of carbonyl (C=O) groups excluding carboxylic acids is 1. The van der Waals surface area contributed by atoms with E-state index in [9.17, 15) is 4.79 Å². The Hall–Kier alpha value is -0.840. The van der Waals surface area contributed by atoms with Gasteiger partial charge in [-0.1, -0.05) is 52.4 Å². The molecule has 0 aliphatic rings. The highest BCUT2D eigenvalue weighted by Crippen LogP contribution is 2.14. The highest BCUT2D eigenvalue weighted by atomic mass is 127. The van der Waals surface area contributed by atoms with Crippen molar-refractivity contribution in [3.63, 3.8) is 0 Å². The summed E-state index contributed by atoms with van der Waals surface area (Å²) in [7, 11) is 0. The van der Waals surface area contributed by atoms with Crippen LogP contribution >= 0.6 is 22.6 Å². The number of hydrogen-bond donors (Lipinski definition) is 1. The second-order valence-electron chi connectivity index (χ2n) is 3.07. The smallest absolute Gasteiger partial charge is 0.221 e. The lowest BCUT2D eigenvalue weighted by Crippen LogP contribution is -2.17. The topological polar surface area (TPSA) is 29.1 Å². The van der Waals surface area contributed by atoms with E-state index in [1.54, 1.807) is 0 Å². The number of hydrogen-bond acceptors (Lipinski definition) is 1. The van der Waals surface area contributed by atoms with Gasteiger partial charge in [0.05, 0.1) is 5.70 Å². The molecule has 0 spiro atoms. The molecule has 0 aliphatic carbocycles. The maximum absolute atomic E-state index is 10.9. The number of rotatable bonds is 2. The zero-order chi connectivity index (χ0) is 10.6. The third kappa shape index (κ3) is 3.14. The van der Waals surface area contributed by atoms with Crippen LogP contribution in [0.25, 0.3) is 5.70 Å². The van der Waals surface area contributed by atoms with E-state index in [0.29, 0.717) is 0 Å². The van der Waals surface area contributed by atoms with Gasteiger partial charge < -0.3 is 5.32 Å². The summed E-state index contributed by atoms with van der Waals surface area (Å²) in [5.74, 6) is -0.0477. The van der Waals surface area contributed by atoms with Gasteiger partial charge in [0.1, 0.15) is 0 Å². The van der Waals surface area contributed by atoms with Crippen molar-refractivity contribution in [1.82, 2.24) is 5.32 Å². The van der Waals surface area contributed by atoms with Crippen molar-refractivity contribution in [3.8, 4) is 0 Å². The molecular weight excluding hydrogens is 289 g/mol. The summed E-state index contributed by atoms with van der Waals surface area (Å²) in [6, 6.07) is 8.04. The number of benzene rings is 1. The molecule has 0 unspecified atom stereocenters. The van der Waals surface area contributed by atoms with Crippen molar-refractivity contribution in [2.45, 2.75) is 13.8 Å². The van der Waals surface area contributed by atoms with Crippen molar-refractivity contribution in [1.29, 1.82) is 0 Å². The Kier molecular flexibility index (Phi) is 4.13. The number of amides is 1. The molecule has 0 aliphatic heterocycles. The molecule has 3 heteroatoms. The predicted octanol–water partition coefficient (Wildman–Crippen LogP) is 2.86. The predicted molar refractivity (Wildman–Crippen MR) is 67.0 cm³/mol. The van der Waals surface area contributed by atoms with Crippen molar-refractivity contribution >= 4 is 34.2 Å². The Morgan fingerprint density at radius 1 is 1.36 bits per heavy atom. The molecule has 0 atom stereocenters. The van der Waals surface area contributed by atoms with E-state index in [1.165, 1.54) is 12.5 Å². The summed E-state index contributed by atoms with van der Waals surface area (Å²) in [5.41, 5.74) is 3.09. The van der Waals surface area contributed by atoms with Gasteiger partial charge in [-0.2, -0.15) is 0 Å². The van der Waals surface area contributed by atoms with E-state index in [4.69, 9.17) is 0 Å². The van der Waals surface area contributed by atoms with Gasteiger partial charge in [0.15, 0.2) is 0 Å². The number of halogens is 1. The van der Waals surface area contributed by atoms with E-state index < -0.39 is 0 Å². The van der Waals surface area contributed by atoms with Crippen molar-refractivity contribution in [2.75, 3.05) is 0 Å². The summed E-state index contributed by atoms with van der Waals surface area (Å²) < 4.78 is 1.86. The van der Waals surface area contributed by atoms with E-state index in [-0.39, 0.29) is 5.91 Å². The third-order valence-electron chi connectivity index (χ3n) is 1.78. The van der Waals surface area contributed by atoms with Crippen LogP contribution in [0.4, 0.5) is 0 Å². The molecular formula is C11H12INO. The van der Waals surface area contributed by atoms with Gasteiger partial charge in [0.25, 0.3) is 0 Å². The summed E-state index contributed by atoms with van der Waals surface area (Å²) >= 11 is 2.12. The first kappa shape index (κ1) is 11.2. The van der Waals surface area contributed by atoms with Crippen molar-refractivity contribution in [3.05, 3.63) is 39.5 Å². The minimum Gasteiger partial charge on any atom is -0.325 e. The summed E-state index contributed by atoms with van der Waals surface area (Å²) in [4.78, 5) is 10.9. The first-order valence-electron chi connectivity index (χ1n) is 4.28. The Morgan fingerprint density at radius 2 is 1.93 bits per heavy atom. The van der Waals surface area contributed by atoms with Crippen LogP contribution in [0.1, 0.15) is 18.1 Å². The Labute approximate surface area is 97.5 Å². The van der Waals surface area contributed by atoms with Gasteiger partial charge in [0, 0.05) is 11.0 Å². The van der Waals surface area contributed by atoms with Gasteiger partial charge in [-0.3, -0.25) is 4.79 Å². The molecule has 1 rings (SSSR count). The van der Waals surface area contributed by atoms with Crippen LogP contribution < -0.4 is 5.32 Å². The Morgan fingerprint density at radius 3 is 2.36 bits per heavy atom. The van der Waals surface area contributed by atoms with Gasteiger partial charge in [-0.05, 0) is 12.5 Å². The second kappa shape index (κ2) is 5.14. The van der Waals surface area contributed by atoms with E-state index >= 15 is 0 Å². The van der Waals surface area contributed by atoms with Gasteiger partial charge in [-0.25, -0.2) is 0 Å². The molecule has 1 N–H and O–H groups in total. The summed E-state index contributed by atoms with van der Waals surface area (Å²) in [5, 5.41) is 2.78. The molecule has 0 aromatic heterocycles. The molecule has 74 valence electrons. The van der Waals surface area contributed by atoms with Gasteiger partial charge in [-0.15, -0.1) is 0 Å². The normalized spacial score (nSPS) is 11.2. The lowest BCUT2D eigenvalue weighted by molar-refractivity contribution is -0.117. The minimum atomic E-state index is -0.0477. The minimum absolute atomic E-state index is 0.0477. The first-order valence-corrected chi connectivity index (χ1v) is 5.53. The third-order valence-corrected chi connectivity index (χ3v) is 2.41. The van der Waals surface area contributed by atoms with Crippen LogP contribution in [0.2, 0.25) is 0 Å². The molecule has 0 saturated heterocycles. The zero-order valence-electron chi connectivity index (χ0n) is 8.17. The molecule has 1 amide bonds. The molecule has 1 aromatic rings. The number of carbonyl (C=O) groups is 1. The van der Waals surface area contributed by atoms with Crippen LogP contribution in [0.5, 0.6) is 0 Å². The van der Waals surface area contributed by atoms with E-state index in [1.807, 2.05) is 35.3 Å². The average Bonchev–Trinajstić information content (AvgIpc) is 2.15. The molecule has 0 fully saturated rings. The number of nitrogens with one attached hydrogen (secondary N) is 1. The molecule has 2 nitrogen and oxygen atoms in total. The Balaban J connectivity index is 2.91. The van der Waals surface area contributed by atoms with Gasteiger partial charge in [0.2, 0.25) is 5.91 Å². The van der Waals surface area contributed by atoms with Crippen LogP contribution in [-0.2, 0) is 4.79 Å². The lowest BCUT2D eigenvalue weighted by atomic mass is 10.1. The fourth-order valence-electron chi connectivity index (χ4n) is 1.09. The van der Waals surface area contributed by atoms with Crippen LogP contribution in [0, 0.1) is 6.92 Å². The molecule has 0 radical (unpaired) electrons. The highest BCUT2D eigenvalue weighted by Gasteiger charge is 2.01. The highest BCUT2D eigenvalue weighted by molar-refractivity contribution is 14.1. The van der Waals surface area contributed by atoms with Crippen molar-refractivity contribution < 1.29 is 4.79 Å². The summed E-state index contributed by atoms with van der Waals surface area (Å²) in [6.45, 7) is 3.55. The van der Waals surface area contributed by atoms with Crippen LogP contribution in [0.15, 0.2) is 28.3 Å². The molecule has 14 heavy (non-hydrogen) atoms. The maximum Gasteiger partial charge on any atom is 0.221 e. The Bertz CT molecular complexity index is 354. The quantitative estimate of drug-likeness (QED) is 0.836. The van der Waals surface area contributed by atoms with E-state index in [0.717, 1.165) is 11.3 Å². The van der Waals surface area contributed by atoms with Crippen LogP contribution in [0.3, 0.4) is 0 Å². The molecule has 0 heterocycles. The molecule has 1 aromatic carbocycles. The monoisotopic (exact) mass is 301 g/mol. The molecule has 0 saturated carbocycles. The van der Waals surface area contributed by atoms with E-state index in [2.05, 4.69) is 27.9 Å². The fourth-order valence-corrected chi connectivity index (χ4v) is 1.60. The lowest BCUT2D eigenvalue weighted by Gasteiger charge is -2.07. The standard InChI is InChI=1S/C11H12INO/c1-8-3-5-10(6-4-8)11(7-12)13-9(2)14/h3-7H,1-2H3,(H,13,14)/b11-7+. The average molecular weight is 301 g/mol. The zero-order valence-corrected chi connectivity index (χ0v) is 10.3. The SMILES string of the molecule is CC(=O)N/C(=C/I)c1ccc(C)cc1. The molecule has 0 bridgehead atoms. The summed E-state index contributed by atoms with van der Waals surface area (Å²) in [6.07, 6.45) is 0. The number of aryl methyl sites for hydroxylation is 1. The largest absolute Gasteiger partial charge is 0.325 e. The first-order chi connectivity index (χ1) is 6.63.